The van der Waals surface area contributed by atoms with Crippen LogP contribution in [-0.2, 0) is 4.74 Å². The summed E-state index contributed by atoms with van der Waals surface area (Å²) in [5.74, 6) is -0.305. The molecular weight excluding hydrogens is 307 g/mol. The molecule has 0 N–H and O–H groups in total. The van der Waals surface area contributed by atoms with Crippen molar-refractivity contribution in [1.29, 1.82) is 5.26 Å². The minimum absolute atomic E-state index is 0.0242. The second-order valence-corrected chi connectivity index (χ2v) is 7.51. The molecule has 1 amide bonds. The number of amides is 1. The Hall–Kier alpha value is -2.09. The van der Waals surface area contributed by atoms with Crippen LogP contribution in [0.2, 0.25) is 0 Å². The van der Waals surface area contributed by atoms with E-state index in [1.165, 1.54) is 12.1 Å². The topological polar surface area (TPSA) is 53.3 Å². The van der Waals surface area contributed by atoms with E-state index in [4.69, 9.17) is 4.74 Å². The molecular formula is C19H25FN2O2. The van der Waals surface area contributed by atoms with Crippen LogP contribution in [-0.4, -0.2) is 29.7 Å². The van der Waals surface area contributed by atoms with Gasteiger partial charge in [-0.15, -0.1) is 0 Å². The maximum Gasteiger partial charge on any atom is 0.410 e. The van der Waals surface area contributed by atoms with Crippen molar-refractivity contribution in [3.8, 4) is 6.07 Å². The Bertz CT molecular complexity index is 620. The number of nitriles is 1. The average molecular weight is 332 g/mol. The summed E-state index contributed by atoms with van der Waals surface area (Å²) >= 11 is 0. The SMILES string of the molecule is CC(c1ccc(F)cc1)C1(C#N)CCN(C(=O)OC(C)(C)C)CC1. The molecule has 1 unspecified atom stereocenters. The van der Waals surface area contributed by atoms with Gasteiger partial charge in [0.25, 0.3) is 0 Å². The van der Waals surface area contributed by atoms with Crippen molar-refractivity contribution >= 4 is 6.09 Å². The third-order valence-electron chi connectivity index (χ3n) is 4.73. The van der Waals surface area contributed by atoms with Gasteiger partial charge in [0.15, 0.2) is 0 Å². The molecule has 1 aromatic rings. The Morgan fingerprint density at radius 2 is 1.83 bits per heavy atom. The van der Waals surface area contributed by atoms with Crippen molar-refractivity contribution in [2.45, 2.75) is 52.1 Å². The molecule has 0 aromatic heterocycles. The maximum absolute atomic E-state index is 13.1. The molecule has 1 atom stereocenters. The summed E-state index contributed by atoms with van der Waals surface area (Å²) in [6, 6.07) is 8.78. The van der Waals surface area contributed by atoms with Crippen molar-refractivity contribution in [2.75, 3.05) is 13.1 Å². The molecule has 5 heteroatoms. The number of piperidine rings is 1. The minimum Gasteiger partial charge on any atom is -0.444 e. The fourth-order valence-corrected chi connectivity index (χ4v) is 3.13. The van der Waals surface area contributed by atoms with Crippen molar-refractivity contribution < 1.29 is 13.9 Å². The largest absolute Gasteiger partial charge is 0.444 e. The van der Waals surface area contributed by atoms with Gasteiger partial charge in [0.1, 0.15) is 11.4 Å². The van der Waals surface area contributed by atoms with Crippen LogP contribution >= 0.6 is 0 Å². The van der Waals surface area contributed by atoms with E-state index in [9.17, 15) is 14.4 Å². The molecule has 0 saturated carbocycles. The van der Waals surface area contributed by atoms with Crippen molar-refractivity contribution in [1.82, 2.24) is 4.90 Å². The van der Waals surface area contributed by atoms with Crippen LogP contribution in [0.1, 0.15) is 52.0 Å². The Kier molecular flexibility index (Phi) is 5.17. The number of ether oxygens (including phenoxy) is 1. The quantitative estimate of drug-likeness (QED) is 0.803. The van der Waals surface area contributed by atoms with Gasteiger partial charge in [-0.2, -0.15) is 5.26 Å². The van der Waals surface area contributed by atoms with E-state index in [-0.39, 0.29) is 17.8 Å². The molecule has 4 nitrogen and oxygen atoms in total. The zero-order chi connectivity index (χ0) is 18.0. The highest BCUT2D eigenvalue weighted by Crippen LogP contribution is 2.44. The number of hydrogen-bond donors (Lipinski definition) is 0. The second-order valence-electron chi connectivity index (χ2n) is 7.51. The summed E-state index contributed by atoms with van der Waals surface area (Å²) in [4.78, 5) is 13.8. The van der Waals surface area contributed by atoms with Gasteiger partial charge in [0.2, 0.25) is 0 Å². The second kappa shape index (κ2) is 6.80. The summed E-state index contributed by atoms with van der Waals surface area (Å²) in [6.07, 6.45) is 0.839. The molecule has 0 aliphatic carbocycles. The smallest absolute Gasteiger partial charge is 0.410 e. The predicted octanol–water partition coefficient (Wildman–Crippen LogP) is 4.47. The van der Waals surface area contributed by atoms with Gasteiger partial charge in [0, 0.05) is 13.1 Å². The van der Waals surface area contributed by atoms with Gasteiger partial charge in [-0.05, 0) is 57.2 Å². The Morgan fingerprint density at radius 3 is 2.29 bits per heavy atom. The normalized spacial score (nSPS) is 18.6. The summed E-state index contributed by atoms with van der Waals surface area (Å²) < 4.78 is 18.5. The van der Waals surface area contributed by atoms with Gasteiger partial charge < -0.3 is 9.64 Å². The van der Waals surface area contributed by atoms with E-state index in [1.807, 2.05) is 27.7 Å². The number of carbonyl (C=O) groups excluding carboxylic acids is 1. The van der Waals surface area contributed by atoms with Crippen LogP contribution in [0.25, 0.3) is 0 Å². The molecule has 1 aromatic carbocycles. The van der Waals surface area contributed by atoms with Crippen LogP contribution in [0, 0.1) is 22.6 Å². The fourth-order valence-electron chi connectivity index (χ4n) is 3.13. The molecule has 130 valence electrons. The number of halogens is 1. The summed E-state index contributed by atoms with van der Waals surface area (Å²) in [6.45, 7) is 8.50. The van der Waals surface area contributed by atoms with E-state index in [0.29, 0.717) is 25.9 Å². The van der Waals surface area contributed by atoms with Crippen molar-refractivity contribution in [3.05, 3.63) is 35.6 Å². The molecule has 1 saturated heterocycles. The number of hydrogen-bond acceptors (Lipinski definition) is 3. The number of likely N-dealkylation sites (tertiary alicyclic amines) is 1. The van der Waals surface area contributed by atoms with Gasteiger partial charge >= 0.3 is 6.09 Å². The summed E-state index contributed by atoms with van der Waals surface area (Å²) in [5, 5.41) is 9.78. The number of nitrogens with zero attached hydrogens (tertiary/aromatic N) is 2. The van der Waals surface area contributed by atoms with Crippen LogP contribution in [0.15, 0.2) is 24.3 Å². The third kappa shape index (κ3) is 4.05. The molecule has 24 heavy (non-hydrogen) atoms. The highest BCUT2D eigenvalue weighted by molar-refractivity contribution is 5.68. The Morgan fingerprint density at radius 1 is 1.29 bits per heavy atom. The first-order valence-corrected chi connectivity index (χ1v) is 8.31. The Labute approximate surface area is 143 Å². The van der Waals surface area contributed by atoms with Crippen molar-refractivity contribution in [2.24, 2.45) is 5.41 Å². The van der Waals surface area contributed by atoms with Gasteiger partial charge in [-0.25, -0.2) is 9.18 Å². The monoisotopic (exact) mass is 332 g/mol. The van der Waals surface area contributed by atoms with Crippen molar-refractivity contribution in [3.63, 3.8) is 0 Å². The maximum atomic E-state index is 13.1. The van der Waals surface area contributed by atoms with Crippen LogP contribution < -0.4 is 0 Å². The van der Waals surface area contributed by atoms with Crippen LogP contribution in [0.4, 0.5) is 9.18 Å². The lowest BCUT2D eigenvalue weighted by Gasteiger charge is -2.41. The third-order valence-corrected chi connectivity index (χ3v) is 4.73. The average Bonchev–Trinajstić information content (AvgIpc) is 2.53. The van der Waals surface area contributed by atoms with Gasteiger partial charge in [-0.3, -0.25) is 0 Å². The molecule has 2 rings (SSSR count). The molecule has 0 bridgehead atoms. The van der Waals surface area contributed by atoms with E-state index < -0.39 is 11.0 Å². The molecule has 0 radical (unpaired) electrons. The zero-order valence-electron chi connectivity index (χ0n) is 14.8. The molecule has 1 aliphatic heterocycles. The first-order valence-electron chi connectivity index (χ1n) is 8.31. The number of rotatable bonds is 2. The van der Waals surface area contributed by atoms with Crippen LogP contribution in [0.3, 0.4) is 0 Å². The van der Waals surface area contributed by atoms with E-state index in [2.05, 4.69) is 6.07 Å². The highest BCUT2D eigenvalue weighted by atomic mass is 19.1. The van der Waals surface area contributed by atoms with E-state index >= 15 is 0 Å². The highest BCUT2D eigenvalue weighted by Gasteiger charge is 2.42. The first kappa shape index (κ1) is 18.3. The van der Waals surface area contributed by atoms with E-state index in [1.54, 1.807) is 17.0 Å². The standard InChI is InChI=1S/C19H25FN2O2/c1-14(15-5-7-16(20)8-6-15)19(13-21)9-11-22(12-10-19)17(23)24-18(2,3)4/h5-8,14H,9-12H2,1-4H3. The number of benzene rings is 1. The summed E-state index contributed by atoms with van der Waals surface area (Å²) in [5.41, 5.74) is -0.123. The Balaban J connectivity index is 2.07. The van der Waals surface area contributed by atoms with E-state index in [0.717, 1.165) is 5.56 Å². The fraction of sp³-hybridized carbons (Fsp3) is 0.579. The predicted molar refractivity (Wildman–Crippen MR) is 89.9 cm³/mol. The zero-order valence-corrected chi connectivity index (χ0v) is 14.8. The molecule has 0 spiro atoms. The molecule has 1 fully saturated rings. The molecule has 1 heterocycles. The van der Waals surface area contributed by atoms with Gasteiger partial charge in [0.05, 0.1) is 11.5 Å². The minimum atomic E-state index is -0.545. The van der Waals surface area contributed by atoms with Gasteiger partial charge in [-0.1, -0.05) is 19.1 Å². The lowest BCUT2D eigenvalue weighted by atomic mass is 9.68. The lowest BCUT2D eigenvalue weighted by molar-refractivity contribution is 0.0132. The number of carbonyl (C=O) groups is 1. The lowest BCUT2D eigenvalue weighted by Crippen LogP contribution is -2.46. The molecule has 1 aliphatic rings. The summed E-state index contributed by atoms with van der Waals surface area (Å²) in [7, 11) is 0. The van der Waals surface area contributed by atoms with Crippen LogP contribution in [0.5, 0.6) is 0 Å². The first-order chi connectivity index (χ1) is 11.2.